The first-order chi connectivity index (χ1) is 13.1. The Labute approximate surface area is 154 Å². The maximum Gasteiger partial charge on any atom is 0.306 e. The summed E-state index contributed by atoms with van der Waals surface area (Å²) in [6.45, 7) is 0. The van der Waals surface area contributed by atoms with E-state index in [-0.39, 0.29) is 11.7 Å². The predicted molar refractivity (Wildman–Crippen MR) is 98.8 cm³/mol. The Morgan fingerprint density at radius 1 is 1.33 bits per heavy atom. The highest BCUT2D eigenvalue weighted by atomic mass is 19.1. The van der Waals surface area contributed by atoms with Gasteiger partial charge in [0, 0.05) is 16.6 Å². The third kappa shape index (κ3) is 3.16. The van der Waals surface area contributed by atoms with Crippen LogP contribution in [0.4, 0.5) is 4.39 Å². The molecule has 0 fully saturated rings. The number of allylic oxidation sites excluding steroid dienone is 2. The third-order valence-electron chi connectivity index (χ3n) is 4.95. The standard InChI is InChI=1S/C20H18FN3O3/c1-27-17-7-6-13(21)8-14(17)18-15-9-16(24-19(15)23-10-22-18)11-2-4-12(5-3-11)20(25)26/h2,6-10,12H,3-5H2,1H3,(H,25,26)(H,22,23,24). The third-order valence-corrected chi connectivity index (χ3v) is 4.95. The van der Waals surface area contributed by atoms with Crippen molar-refractivity contribution >= 4 is 22.6 Å². The fraction of sp³-hybridized carbons (Fsp3) is 0.250. The number of hydrogen-bond acceptors (Lipinski definition) is 4. The van der Waals surface area contributed by atoms with Gasteiger partial charge in [-0.05, 0) is 49.1 Å². The summed E-state index contributed by atoms with van der Waals surface area (Å²) in [5, 5.41) is 9.91. The van der Waals surface area contributed by atoms with Crippen molar-refractivity contribution in [1.82, 2.24) is 15.0 Å². The van der Waals surface area contributed by atoms with Crippen molar-refractivity contribution in [3.8, 4) is 17.0 Å². The van der Waals surface area contributed by atoms with Crippen LogP contribution in [0, 0.1) is 11.7 Å². The van der Waals surface area contributed by atoms with Gasteiger partial charge in [0.2, 0.25) is 0 Å². The first kappa shape index (κ1) is 17.2. The van der Waals surface area contributed by atoms with Crippen molar-refractivity contribution in [3.05, 3.63) is 48.2 Å². The number of carboxylic acid groups (broad SMARTS) is 1. The van der Waals surface area contributed by atoms with Gasteiger partial charge in [-0.1, -0.05) is 6.08 Å². The lowest BCUT2D eigenvalue weighted by molar-refractivity contribution is -0.141. The normalized spacial score (nSPS) is 17.0. The smallest absolute Gasteiger partial charge is 0.306 e. The zero-order valence-electron chi connectivity index (χ0n) is 14.7. The molecule has 0 radical (unpaired) electrons. The number of carboxylic acids is 1. The monoisotopic (exact) mass is 367 g/mol. The van der Waals surface area contributed by atoms with Crippen molar-refractivity contribution in [2.24, 2.45) is 5.92 Å². The molecular formula is C20H18FN3O3. The predicted octanol–water partition coefficient (Wildman–Crippen LogP) is 4.04. The molecule has 0 amide bonds. The number of benzene rings is 1. The van der Waals surface area contributed by atoms with E-state index < -0.39 is 5.97 Å². The highest BCUT2D eigenvalue weighted by Crippen LogP contribution is 2.36. The van der Waals surface area contributed by atoms with Gasteiger partial charge in [-0.2, -0.15) is 0 Å². The van der Waals surface area contributed by atoms with Crippen LogP contribution in [0.5, 0.6) is 5.75 Å². The summed E-state index contributed by atoms with van der Waals surface area (Å²) in [6.07, 6.45) is 5.18. The van der Waals surface area contributed by atoms with Crippen LogP contribution >= 0.6 is 0 Å². The van der Waals surface area contributed by atoms with Gasteiger partial charge in [-0.15, -0.1) is 0 Å². The summed E-state index contributed by atoms with van der Waals surface area (Å²) in [4.78, 5) is 23.0. The van der Waals surface area contributed by atoms with E-state index in [0.717, 1.165) is 16.7 Å². The molecule has 3 aromatic rings. The molecule has 0 bridgehead atoms. The molecule has 7 heteroatoms. The highest BCUT2D eigenvalue weighted by molar-refractivity contribution is 5.94. The van der Waals surface area contributed by atoms with Crippen LogP contribution < -0.4 is 4.74 Å². The second kappa shape index (κ2) is 6.83. The van der Waals surface area contributed by atoms with Gasteiger partial charge in [0.05, 0.1) is 18.7 Å². The fourth-order valence-electron chi connectivity index (χ4n) is 3.50. The molecule has 27 heavy (non-hydrogen) atoms. The highest BCUT2D eigenvalue weighted by Gasteiger charge is 2.22. The van der Waals surface area contributed by atoms with Gasteiger partial charge < -0.3 is 14.8 Å². The Balaban J connectivity index is 1.78. The number of ether oxygens (including phenoxy) is 1. The Bertz CT molecular complexity index is 1060. The number of aromatic amines is 1. The zero-order chi connectivity index (χ0) is 19.0. The molecule has 138 valence electrons. The summed E-state index contributed by atoms with van der Waals surface area (Å²) in [5.41, 5.74) is 3.72. The summed E-state index contributed by atoms with van der Waals surface area (Å²) >= 11 is 0. The lowest BCUT2D eigenvalue weighted by Crippen LogP contribution is -2.15. The Morgan fingerprint density at radius 3 is 2.89 bits per heavy atom. The molecule has 4 rings (SSSR count). The Hall–Kier alpha value is -3.22. The maximum absolute atomic E-state index is 13.8. The van der Waals surface area contributed by atoms with Gasteiger partial charge >= 0.3 is 5.97 Å². The van der Waals surface area contributed by atoms with Gasteiger partial charge in [0.1, 0.15) is 23.5 Å². The van der Waals surface area contributed by atoms with Crippen LogP contribution in [0.3, 0.4) is 0 Å². The van der Waals surface area contributed by atoms with E-state index in [9.17, 15) is 9.18 Å². The van der Waals surface area contributed by atoms with E-state index in [4.69, 9.17) is 9.84 Å². The average Bonchev–Trinajstić information content (AvgIpc) is 3.12. The molecule has 1 aliphatic rings. The quantitative estimate of drug-likeness (QED) is 0.727. The molecule has 6 nitrogen and oxygen atoms in total. The van der Waals surface area contributed by atoms with Gasteiger partial charge in [-0.25, -0.2) is 14.4 Å². The minimum Gasteiger partial charge on any atom is -0.496 e. The number of aromatic nitrogens is 3. The molecule has 2 aromatic heterocycles. The number of hydrogen-bond donors (Lipinski definition) is 2. The minimum atomic E-state index is -0.756. The number of aliphatic carboxylic acids is 1. The van der Waals surface area contributed by atoms with E-state index >= 15 is 0 Å². The van der Waals surface area contributed by atoms with Gasteiger partial charge in [-0.3, -0.25) is 4.79 Å². The Morgan fingerprint density at radius 2 is 2.19 bits per heavy atom. The number of methoxy groups -OCH3 is 1. The molecule has 1 unspecified atom stereocenters. The number of rotatable bonds is 4. The van der Waals surface area contributed by atoms with E-state index in [1.54, 1.807) is 6.07 Å². The summed E-state index contributed by atoms with van der Waals surface area (Å²) in [7, 11) is 1.53. The second-order valence-electron chi connectivity index (χ2n) is 6.55. The molecule has 1 aromatic carbocycles. The lowest BCUT2D eigenvalue weighted by atomic mass is 9.88. The molecule has 0 saturated heterocycles. The summed E-state index contributed by atoms with van der Waals surface area (Å²) in [6, 6.07) is 6.24. The van der Waals surface area contributed by atoms with E-state index in [0.29, 0.717) is 41.9 Å². The summed E-state index contributed by atoms with van der Waals surface area (Å²) in [5.74, 6) is -0.929. The number of nitrogens with zero attached hydrogens (tertiary/aromatic N) is 2. The van der Waals surface area contributed by atoms with E-state index in [2.05, 4.69) is 15.0 Å². The van der Waals surface area contributed by atoms with Gasteiger partial charge in [0.15, 0.2) is 0 Å². The van der Waals surface area contributed by atoms with Crippen molar-refractivity contribution in [2.75, 3.05) is 7.11 Å². The number of nitrogens with one attached hydrogen (secondary N) is 1. The van der Waals surface area contributed by atoms with Crippen molar-refractivity contribution in [3.63, 3.8) is 0 Å². The molecule has 2 N–H and O–H groups in total. The van der Waals surface area contributed by atoms with Crippen LogP contribution in [0.25, 0.3) is 27.9 Å². The molecule has 0 spiro atoms. The molecule has 2 heterocycles. The van der Waals surface area contributed by atoms with Crippen molar-refractivity contribution < 1.29 is 19.0 Å². The largest absolute Gasteiger partial charge is 0.496 e. The maximum atomic E-state index is 13.8. The van der Waals surface area contributed by atoms with E-state index in [1.165, 1.54) is 25.6 Å². The van der Waals surface area contributed by atoms with Crippen LogP contribution in [0.1, 0.15) is 25.0 Å². The Kier molecular flexibility index (Phi) is 4.35. The zero-order valence-corrected chi connectivity index (χ0v) is 14.7. The topological polar surface area (TPSA) is 88.1 Å². The second-order valence-corrected chi connectivity index (χ2v) is 6.55. The average molecular weight is 367 g/mol. The van der Waals surface area contributed by atoms with E-state index in [1.807, 2.05) is 12.1 Å². The lowest BCUT2D eigenvalue weighted by Gasteiger charge is -2.17. The molecule has 1 aliphatic carbocycles. The first-order valence-corrected chi connectivity index (χ1v) is 8.66. The number of H-pyrrole nitrogens is 1. The van der Waals surface area contributed by atoms with Crippen molar-refractivity contribution in [2.45, 2.75) is 19.3 Å². The van der Waals surface area contributed by atoms with Crippen LogP contribution in [-0.4, -0.2) is 33.1 Å². The molecule has 0 saturated carbocycles. The SMILES string of the molecule is COc1ccc(F)cc1-c1ncnc2[nH]c(C3=CCC(C(=O)O)CC3)cc12. The fourth-order valence-corrected chi connectivity index (χ4v) is 3.50. The number of fused-ring (bicyclic) bond motifs is 1. The van der Waals surface area contributed by atoms with Crippen molar-refractivity contribution in [1.29, 1.82) is 0 Å². The van der Waals surface area contributed by atoms with Crippen LogP contribution in [0.15, 0.2) is 36.7 Å². The van der Waals surface area contributed by atoms with Crippen LogP contribution in [-0.2, 0) is 4.79 Å². The minimum absolute atomic E-state index is 0.329. The molecule has 0 aliphatic heterocycles. The molecule has 1 atom stereocenters. The first-order valence-electron chi connectivity index (χ1n) is 8.66. The molecular weight excluding hydrogens is 349 g/mol. The van der Waals surface area contributed by atoms with Crippen LogP contribution in [0.2, 0.25) is 0 Å². The van der Waals surface area contributed by atoms with Gasteiger partial charge in [0.25, 0.3) is 0 Å². The number of carbonyl (C=O) groups is 1. The number of halogens is 1. The summed E-state index contributed by atoms with van der Waals surface area (Å²) < 4.78 is 19.2.